The molecule has 206 valence electrons. The summed E-state index contributed by atoms with van der Waals surface area (Å²) in [5, 5.41) is 3.12. The van der Waals surface area contributed by atoms with Crippen LogP contribution in [0.2, 0.25) is 0 Å². The van der Waals surface area contributed by atoms with Crippen molar-refractivity contribution in [1.29, 1.82) is 0 Å². The zero-order valence-corrected chi connectivity index (χ0v) is 23.9. The number of nitrogens with zero attached hydrogens (tertiary/aromatic N) is 1. The molecule has 3 fully saturated rings. The van der Waals surface area contributed by atoms with E-state index in [0.717, 1.165) is 25.2 Å². The summed E-state index contributed by atoms with van der Waals surface area (Å²) in [6.07, 6.45) is 17.1. The SMILES string of the molecule is CC12CCC(C(C(=O)NCCCC3CN(CCCCC(C4=CC=CCC4)c4ccccc4)C3)C1=O)C2(C)C. The van der Waals surface area contributed by atoms with Gasteiger partial charge in [0, 0.05) is 31.0 Å². The van der Waals surface area contributed by atoms with Crippen LogP contribution in [0.15, 0.2) is 54.1 Å². The molecule has 0 aromatic heterocycles. The fourth-order valence-electron chi connectivity index (χ4n) is 7.99. The maximum absolute atomic E-state index is 13.0. The predicted octanol–water partition coefficient (Wildman–Crippen LogP) is 6.69. The number of unbranched alkanes of at least 4 members (excludes halogenated alkanes) is 1. The molecule has 4 aliphatic rings. The molecule has 5 rings (SSSR count). The molecule has 0 radical (unpaired) electrons. The van der Waals surface area contributed by atoms with Crippen molar-refractivity contribution in [2.24, 2.45) is 28.6 Å². The second-order valence-corrected chi connectivity index (χ2v) is 13.3. The average Bonchev–Trinajstić information content (AvgIpc) is 3.22. The van der Waals surface area contributed by atoms with Crippen LogP contribution in [0.1, 0.15) is 90.0 Å². The quantitative estimate of drug-likeness (QED) is 0.249. The van der Waals surface area contributed by atoms with E-state index < -0.39 is 5.92 Å². The molecule has 1 aliphatic heterocycles. The van der Waals surface area contributed by atoms with E-state index in [9.17, 15) is 9.59 Å². The van der Waals surface area contributed by atoms with Crippen LogP contribution in [0.3, 0.4) is 0 Å². The summed E-state index contributed by atoms with van der Waals surface area (Å²) >= 11 is 0. The Morgan fingerprint density at radius 3 is 2.58 bits per heavy atom. The van der Waals surface area contributed by atoms with Gasteiger partial charge in [-0.3, -0.25) is 9.59 Å². The van der Waals surface area contributed by atoms with Gasteiger partial charge in [-0.15, -0.1) is 0 Å². The van der Waals surface area contributed by atoms with Crippen molar-refractivity contribution in [2.75, 3.05) is 26.2 Å². The molecule has 1 aromatic rings. The molecule has 0 spiro atoms. The van der Waals surface area contributed by atoms with Gasteiger partial charge in [-0.1, -0.05) is 81.3 Å². The van der Waals surface area contributed by atoms with E-state index >= 15 is 0 Å². The lowest BCUT2D eigenvalue weighted by Gasteiger charge is -2.39. The normalized spacial score (nSPS) is 29.2. The van der Waals surface area contributed by atoms with E-state index in [-0.39, 0.29) is 28.4 Å². The van der Waals surface area contributed by atoms with Crippen molar-refractivity contribution in [1.82, 2.24) is 10.2 Å². The number of Topliss-reactive ketones (excluding diaryl/α,β-unsaturated/α-hetero) is 1. The number of amides is 1. The smallest absolute Gasteiger partial charge is 0.230 e. The molecule has 4 heteroatoms. The van der Waals surface area contributed by atoms with Gasteiger partial charge in [0.1, 0.15) is 5.92 Å². The molecule has 4 atom stereocenters. The van der Waals surface area contributed by atoms with Gasteiger partial charge in [0.2, 0.25) is 5.91 Å². The van der Waals surface area contributed by atoms with Crippen LogP contribution in [-0.2, 0) is 9.59 Å². The first-order valence-electron chi connectivity index (χ1n) is 15.3. The number of benzene rings is 1. The van der Waals surface area contributed by atoms with Gasteiger partial charge in [-0.2, -0.15) is 0 Å². The fraction of sp³-hybridized carbons (Fsp3) is 0.647. The standard InChI is InChI=1S/C34H48N2O2/c1-33(2)29-19-20-34(33,3)31(37)30(29)32(38)35-21-12-13-25-23-36(24-25)22-11-10-18-28(26-14-6-4-7-15-26)27-16-8-5-9-17-27/h4-8,14-16,25,28-30H,9-13,17-24H2,1-3H3,(H,35,38). The fourth-order valence-corrected chi connectivity index (χ4v) is 7.99. The lowest BCUT2D eigenvalue weighted by Crippen LogP contribution is -2.47. The van der Waals surface area contributed by atoms with Gasteiger partial charge in [0.25, 0.3) is 0 Å². The number of nitrogens with one attached hydrogen (secondary N) is 1. The topological polar surface area (TPSA) is 49.4 Å². The molecule has 1 heterocycles. The third-order valence-corrected chi connectivity index (χ3v) is 10.8. The Bertz CT molecular complexity index is 1050. The van der Waals surface area contributed by atoms with E-state index in [1.165, 1.54) is 63.7 Å². The van der Waals surface area contributed by atoms with Crippen molar-refractivity contribution in [3.63, 3.8) is 0 Å². The maximum Gasteiger partial charge on any atom is 0.230 e. The van der Waals surface area contributed by atoms with Gasteiger partial charge in [0.15, 0.2) is 5.78 Å². The second kappa shape index (κ2) is 11.5. The Hall–Kier alpha value is -2.20. The molecular weight excluding hydrogens is 468 g/mol. The molecular formula is C34H48N2O2. The monoisotopic (exact) mass is 516 g/mol. The lowest BCUT2D eigenvalue weighted by atomic mass is 9.70. The molecule has 1 aromatic carbocycles. The van der Waals surface area contributed by atoms with Crippen molar-refractivity contribution < 1.29 is 9.59 Å². The van der Waals surface area contributed by atoms with E-state index in [4.69, 9.17) is 0 Å². The highest BCUT2D eigenvalue weighted by Crippen LogP contribution is 2.65. The number of likely N-dealkylation sites (tertiary alicyclic amines) is 1. The molecule has 1 saturated heterocycles. The summed E-state index contributed by atoms with van der Waals surface area (Å²) in [6.45, 7) is 10.8. The number of hydrogen-bond acceptors (Lipinski definition) is 3. The highest BCUT2D eigenvalue weighted by Gasteiger charge is 2.67. The van der Waals surface area contributed by atoms with Crippen molar-refractivity contribution >= 4 is 11.7 Å². The largest absolute Gasteiger partial charge is 0.355 e. The number of rotatable bonds is 12. The molecule has 4 unspecified atom stereocenters. The van der Waals surface area contributed by atoms with Crippen LogP contribution in [0, 0.1) is 28.6 Å². The van der Waals surface area contributed by atoms with Gasteiger partial charge in [-0.25, -0.2) is 0 Å². The van der Waals surface area contributed by atoms with E-state index in [0.29, 0.717) is 12.5 Å². The molecule has 1 N–H and O–H groups in total. The zero-order valence-electron chi connectivity index (χ0n) is 23.9. The Labute approximate surface area is 230 Å². The molecule has 3 aliphatic carbocycles. The number of carbonyl (C=O) groups is 2. The second-order valence-electron chi connectivity index (χ2n) is 13.3. The van der Waals surface area contributed by atoms with Gasteiger partial charge >= 0.3 is 0 Å². The Morgan fingerprint density at radius 1 is 1.11 bits per heavy atom. The minimum absolute atomic E-state index is 0.0134. The highest BCUT2D eigenvalue weighted by molar-refractivity contribution is 6.07. The zero-order chi connectivity index (χ0) is 26.8. The van der Waals surface area contributed by atoms with Crippen LogP contribution in [-0.4, -0.2) is 42.8 Å². The van der Waals surface area contributed by atoms with Crippen LogP contribution in [0.5, 0.6) is 0 Å². The number of fused-ring (bicyclic) bond motifs is 2. The van der Waals surface area contributed by atoms with Crippen LogP contribution in [0.25, 0.3) is 0 Å². The van der Waals surface area contributed by atoms with Crippen molar-refractivity contribution in [3.8, 4) is 0 Å². The first-order chi connectivity index (χ1) is 18.3. The summed E-state index contributed by atoms with van der Waals surface area (Å²) in [6, 6.07) is 11.1. The number of hydrogen-bond donors (Lipinski definition) is 1. The Kier molecular flexibility index (Phi) is 8.28. The molecule has 2 saturated carbocycles. The van der Waals surface area contributed by atoms with Crippen molar-refractivity contribution in [2.45, 2.75) is 84.5 Å². The Morgan fingerprint density at radius 2 is 1.89 bits per heavy atom. The summed E-state index contributed by atoms with van der Waals surface area (Å²) in [7, 11) is 0. The molecule has 2 bridgehead atoms. The summed E-state index contributed by atoms with van der Waals surface area (Å²) in [4.78, 5) is 28.5. The minimum atomic E-state index is -0.421. The van der Waals surface area contributed by atoms with Crippen LogP contribution < -0.4 is 5.32 Å². The van der Waals surface area contributed by atoms with Crippen LogP contribution in [0.4, 0.5) is 0 Å². The van der Waals surface area contributed by atoms with E-state index in [2.05, 4.69) is 79.5 Å². The first-order valence-corrected chi connectivity index (χ1v) is 15.3. The van der Waals surface area contributed by atoms with Gasteiger partial charge in [-0.05, 0) is 80.7 Å². The Balaban J connectivity index is 0.961. The molecule has 38 heavy (non-hydrogen) atoms. The highest BCUT2D eigenvalue weighted by atomic mass is 16.2. The maximum atomic E-state index is 13.0. The number of carbonyl (C=O) groups excluding carboxylic acids is 2. The first kappa shape index (κ1) is 27.4. The van der Waals surface area contributed by atoms with Crippen LogP contribution >= 0.6 is 0 Å². The third-order valence-electron chi connectivity index (χ3n) is 10.8. The third kappa shape index (κ3) is 5.30. The predicted molar refractivity (Wildman–Crippen MR) is 155 cm³/mol. The summed E-state index contributed by atoms with van der Waals surface area (Å²) in [5.41, 5.74) is 2.68. The summed E-state index contributed by atoms with van der Waals surface area (Å²) < 4.78 is 0. The lowest BCUT2D eigenvalue weighted by molar-refractivity contribution is -0.138. The minimum Gasteiger partial charge on any atom is -0.355 e. The molecule has 4 nitrogen and oxygen atoms in total. The van der Waals surface area contributed by atoms with Gasteiger partial charge in [0.05, 0.1) is 0 Å². The number of allylic oxidation sites excluding steroid dienone is 4. The van der Waals surface area contributed by atoms with E-state index in [1.54, 1.807) is 5.57 Å². The van der Waals surface area contributed by atoms with E-state index in [1.807, 2.05) is 0 Å². The average molecular weight is 517 g/mol. The number of ketones is 1. The summed E-state index contributed by atoms with van der Waals surface area (Å²) in [5.74, 6) is 1.28. The van der Waals surface area contributed by atoms with Gasteiger partial charge < -0.3 is 10.2 Å². The molecule has 1 amide bonds. The van der Waals surface area contributed by atoms with Crippen molar-refractivity contribution in [3.05, 3.63) is 59.7 Å².